The number of thiophene rings is 1. The topological polar surface area (TPSA) is 0 Å². The van der Waals surface area contributed by atoms with Gasteiger partial charge in [0.25, 0.3) is 0 Å². The number of benzene rings is 1. The quantitative estimate of drug-likeness (QED) is 0.512. The lowest BCUT2D eigenvalue weighted by Crippen LogP contribution is -1.99. The number of halogens is 5. The van der Waals surface area contributed by atoms with Crippen LogP contribution < -0.4 is 0 Å². The number of alkyl halides is 1. The van der Waals surface area contributed by atoms with Gasteiger partial charge in [0, 0.05) is 14.9 Å². The molecule has 2 aromatic rings. The normalized spacial score (nSPS) is 12.8. The molecule has 0 amide bonds. The van der Waals surface area contributed by atoms with E-state index >= 15 is 0 Å². The molecule has 0 N–H and O–H groups in total. The van der Waals surface area contributed by atoms with E-state index in [9.17, 15) is 8.78 Å². The highest BCUT2D eigenvalue weighted by Crippen LogP contribution is 2.40. The number of rotatable bonds is 2. The van der Waals surface area contributed by atoms with E-state index in [1.807, 2.05) is 13.0 Å². The van der Waals surface area contributed by atoms with E-state index in [4.69, 9.17) is 11.6 Å². The van der Waals surface area contributed by atoms with E-state index in [1.165, 1.54) is 23.5 Å². The third-order valence-corrected chi connectivity index (χ3v) is 5.67. The molecule has 0 saturated carbocycles. The summed E-state index contributed by atoms with van der Waals surface area (Å²) >= 11 is 14.0. The van der Waals surface area contributed by atoms with Crippen LogP contribution in [0.4, 0.5) is 8.78 Å². The van der Waals surface area contributed by atoms with Gasteiger partial charge in [-0.2, -0.15) is 0 Å². The fraction of sp³-hybridized carbons (Fsp3) is 0.167. The molecule has 0 bridgehead atoms. The zero-order chi connectivity index (χ0) is 13.4. The molecule has 0 fully saturated rings. The van der Waals surface area contributed by atoms with Crippen LogP contribution in [0.25, 0.3) is 0 Å². The van der Waals surface area contributed by atoms with Crippen LogP contribution in [0.3, 0.4) is 0 Å². The van der Waals surface area contributed by atoms with E-state index in [0.29, 0.717) is 9.35 Å². The zero-order valence-electron chi connectivity index (χ0n) is 9.11. The molecule has 1 unspecified atom stereocenters. The maximum absolute atomic E-state index is 13.8. The second kappa shape index (κ2) is 5.57. The molecular weight excluding hydrogens is 409 g/mol. The van der Waals surface area contributed by atoms with Crippen molar-refractivity contribution in [2.75, 3.05) is 0 Å². The van der Waals surface area contributed by atoms with E-state index in [-0.39, 0.29) is 5.56 Å². The van der Waals surface area contributed by atoms with Crippen molar-refractivity contribution in [2.45, 2.75) is 12.3 Å². The predicted molar refractivity (Wildman–Crippen MR) is 78.5 cm³/mol. The SMILES string of the molecule is Cc1cc(C(Cl)c2c(F)cc(Br)cc2F)sc1Br. The van der Waals surface area contributed by atoms with Crippen LogP contribution in [0, 0.1) is 18.6 Å². The number of hydrogen-bond donors (Lipinski definition) is 0. The Morgan fingerprint density at radius 3 is 2.17 bits per heavy atom. The summed E-state index contributed by atoms with van der Waals surface area (Å²) in [4.78, 5) is 0.709. The summed E-state index contributed by atoms with van der Waals surface area (Å²) in [5.41, 5.74) is 0.882. The molecule has 0 saturated heterocycles. The van der Waals surface area contributed by atoms with Gasteiger partial charge in [0.1, 0.15) is 11.6 Å². The van der Waals surface area contributed by atoms with Crippen LogP contribution >= 0.6 is 54.8 Å². The molecule has 1 heterocycles. The summed E-state index contributed by atoms with van der Waals surface area (Å²) in [5, 5.41) is -0.826. The highest BCUT2D eigenvalue weighted by atomic mass is 79.9. The monoisotopic (exact) mass is 414 g/mol. The first-order valence-corrected chi connectivity index (χ1v) is 7.78. The van der Waals surface area contributed by atoms with E-state index in [1.54, 1.807) is 0 Å². The summed E-state index contributed by atoms with van der Waals surface area (Å²) in [6.45, 7) is 1.90. The van der Waals surface area contributed by atoms with Crippen molar-refractivity contribution in [1.82, 2.24) is 0 Å². The minimum atomic E-state index is -0.826. The van der Waals surface area contributed by atoms with Gasteiger partial charge in [0.05, 0.1) is 9.16 Å². The Balaban J connectivity index is 2.49. The summed E-state index contributed by atoms with van der Waals surface area (Å²) in [6, 6.07) is 4.25. The van der Waals surface area contributed by atoms with Crippen molar-refractivity contribution in [3.05, 3.63) is 54.1 Å². The molecule has 0 radical (unpaired) electrons. The first kappa shape index (κ1) is 14.4. The Bertz CT molecular complexity index is 555. The Kier molecular flexibility index (Phi) is 4.47. The van der Waals surface area contributed by atoms with E-state index in [2.05, 4.69) is 31.9 Å². The van der Waals surface area contributed by atoms with Gasteiger partial charge >= 0.3 is 0 Å². The average molecular weight is 417 g/mol. The molecular formula is C12H7Br2ClF2S. The summed E-state index contributed by atoms with van der Waals surface area (Å²) in [6.07, 6.45) is 0. The maximum atomic E-state index is 13.8. The number of aryl methyl sites for hydroxylation is 1. The van der Waals surface area contributed by atoms with Crippen LogP contribution in [-0.2, 0) is 0 Å². The third kappa shape index (κ3) is 2.79. The maximum Gasteiger partial charge on any atom is 0.132 e. The lowest BCUT2D eigenvalue weighted by atomic mass is 10.1. The highest BCUT2D eigenvalue weighted by molar-refractivity contribution is 9.11. The molecule has 6 heteroatoms. The lowest BCUT2D eigenvalue weighted by Gasteiger charge is -2.10. The molecule has 1 aromatic heterocycles. The summed E-state index contributed by atoms with van der Waals surface area (Å²) < 4.78 is 28.9. The summed E-state index contributed by atoms with van der Waals surface area (Å²) in [7, 11) is 0. The molecule has 1 atom stereocenters. The molecule has 0 aliphatic heterocycles. The number of hydrogen-bond acceptors (Lipinski definition) is 1. The van der Waals surface area contributed by atoms with Gasteiger partial charge in [-0.15, -0.1) is 22.9 Å². The minimum Gasteiger partial charge on any atom is -0.206 e. The Labute approximate surface area is 129 Å². The van der Waals surface area contributed by atoms with Gasteiger partial charge in [-0.05, 0) is 46.6 Å². The van der Waals surface area contributed by atoms with E-state index < -0.39 is 17.0 Å². The Morgan fingerprint density at radius 2 is 1.72 bits per heavy atom. The third-order valence-electron chi connectivity index (χ3n) is 2.42. The predicted octanol–water partition coefficient (Wildman–Crippen LogP) is 6.19. The molecule has 1 aromatic carbocycles. The fourth-order valence-corrected chi connectivity index (χ4v) is 3.91. The smallest absolute Gasteiger partial charge is 0.132 e. The van der Waals surface area contributed by atoms with Gasteiger partial charge < -0.3 is 0 Å². The molecule has 96 valence electrons. The molecule has 2 rings (SSSR count). The van der Waals surface area contributed by atoms with Crippen molar-refractivity contribution in [1.29, 1.82) is 0 Å². The van der Waals surface area contributed by atoms with Gasteiger partial charge in [-0.3, -0.25) is 0 Å². The molecule has 18 heavy (non-hydrogen) atoms. The molecule has 0 nitrogen and oxygen atoms in total. The van der Waals surface area contributed by atoms with Crippen molar-refractivity contribution in [3.63, 3.8) is 0 Å². The lowest BCUT2D eigenvalue weighted by molar-refractivity contribution is 0.558. The van der Waals surface area contributed by atoms with Crippen molar-refractivity contribution < 1.29 is 8.78 Å². The standard InChI is InChI=1S/C12H7Br2ClF2S/c1-5-2-9(18-12(5)14)11(15)10-7(16)3-6(13)4-8(10)17/h2-4,11H,1H3. The van der Waals surface area contributed by atoms with Crippen LogP contribution in [0.15, 0.2) is 26.5 Å². The largest absolute Gasteiger partial charge is 0.206 e. The van der Waals surface area contributed by atoms with Gasteiger partial charge in [-0.1, -0.05) is 15.9 Å². The first-order valence-electron chi connectivity index (χ1n) is 4.94. The van der Waals surface area contributed by atoms with Crippen molar-refractivity contribution in [3.8, 4) is 0 Å². The molecule has 0 aliphatic rings. The average Bonchev–Trinajstić information content (AvgIpc) is 2.57. The Morgan fingerprint density at radius 1 is 1.17 bits per heavy atom. The highest BCUT2D eigenvalue weighted by Gasteiger charge is 2.22. The summed E-state index contributed by atoms with van der Waals surface area (Å²) in [5.74, 6) is -1.30. The van der Waals surface area contributed by atoms with E-state index in [0.717, 1.165) is 9.35 Å². The molecule has 0 spiro atoms. The Hall–Kier alpha value is 0.0300. The van der Waals surface area contributed by atoms with Crippen molar-refractivity contribution >= 4 is 54.8 Å². The fourth-order valence-electron chi connectivity index (χ4n) is 1.55. The van der Waals surface area contributed by atoms with Crippen LogP contribution in [0.1, 0.15) is 21.4 Å². The van der Waals surface area contributed by atoms with Crippen LogP contribution in [0.5, 0.6) is 0 Å². The molecule has 0 aliphatic carbocycles. The second-order valence-electron chi connectivity index (χ2n) is 3.75. The minimum absolute atomic E-state index is 0.117. The van der Waals surface area contributed by atoms with Crippen LogP contribution in [-0.4, -0.2) is 0 Å². The van der Waals surface area contributed by atoms with Gasteiger partial charge in [-0.25, -0.2) is 8.78 Å². The zero-order valence-corrected chi connectivity index (χ0v) is 13.9. The van der Waals surface area contributed by atoms with Gasteiger partial charge in [0.15, 0.2) is 0 Å². The van der Waals surface area contributed by atoms with Crippen molar-refractivity contribution in [2.24, 2.45) is 0 Å². The first-order chi connectivity index (χ1) is 8.40. The second-order valence-corrected chi connectivity index (χ2v) is 7.50. The van der Waals surface area contributed by atoms with Crippen LogP contribution in [0.2, 0.25) is 0 Å². The van der Waals surface area contributed by atoms with Gasteiger partial charge in [0.2, 0.25) is 0 Å².